The summed E-state index contributed by atoms with van der Waals surface area (Å²) in [5.41, 5.74) is 4.68. The third-order valence-electron chi connectivity index (χ3n) is 3.75. The van der Waals surface area contributed by atoms with Gasteiger partial charge < -0.3 is 0 Å². The third-order valence-corrected chi connectivity index (χ3v) is 3.75. The van der Waals surface area contributed by atoms with Crippen LogP contribution < -0.4 is 0 Å². The normalized spacial score (nSPS) is 20.6. The average Bonchev–Trinajstić information content (AvgIpc) is 2.28. The largest absolute Gasteiger partial charge is 0.0856 e. The maximum atomic E-state index is 2.48. The summed E-state index contributed by atoms with van der Waals surface area (Å²) in [7, 11) is 0. The molecule has 0 radical (unpaired) electrons. The van der Waals surface area contributed by atoms with E-state index in [1.807, 2.05) is 0 Å². The van der Waals surface area contributed by atoms with E-state index in [1.54, 1.807) is 11.1 Å². The first-order chi connectivity index (χ1) is 8.58. The van der Waals surface area contributed by atoms with E-state index < -0.39 is 0 Å². The van der Waals surface area contributed by atoms with Crippen molar-refractivity contribution in [3.8, 4) is 0 Å². The van der Waals surface area contributed by atoms with Crippen LogP contribution in [0.4, 0.5) is 0 Å². The van der Waals surface area contributed by atoms with Gasteiger partial charge in [-0.3, -0.25) is 0 Å². The maximum Gasteiger partial charge on any atom is -0.0285 e. The number of allylic oxidation sites excluding steroid dienone is 6. The predicted molar refractivity (Wildman–Crippen MR) is 82.8 cm³/mol. The molecule has 1 atom stereocenters. The summed E-state index contributed by atoms with van der Waals surface area (Å²) in [4.78, 5) is 0. The summed E-state index contributed by atoms with van der Waals surface area (Å²) in [6.07, 6.45) is 16.2. The molecule has 0 saturated carbocycles. The van der Waals surface area contributed by atoms with Crippen LogP contribution in [0, 0.1) is 5.92 Å². The molecular weight excluding hydrogens is 216 g/mol. The lowest BCUT2D eigenvalue weighted by Gasteiger charge is -2.18. The van der Waals surface area contributed by atoms with Crippen molar-refractivity contribution >= 4 is 0 Å². The minimum atomic E-state index is 0.910. The molecule has 0 heterocycles. The molecule has 0 bridgehead atoms. The highest BCUT2D eigenvalue weighted by Crippen LogP contribution is 2.26. The van der Waals surface area contributed by atoms with Gasteiger partial charge >= 0.3 is 0 Å². The van der Waals surface area contributed by atoms with Crippen molar-refractivity contribution in [3.63, 3.8) is 0 Å². The fourth-order valence-corrected chi connectivity index (χ4v) is 2.60. The number of hydrogen-bond acceptors (Lipinski definition) is 0. The minimum absolute atomic E-state index is 0.910. The van der Waals surface area contributed by atoms with Gasteiger partial charge in [-0.15, -0.1) is 0 Å². The van der Waals surface area contributed by atoms with Crippen LogP contribution in [0.15, 0.2) is 34.9 Å². The Balaban J connectivity index is 2.23. The van der Waals surface area contributed by atoms with Crippen molar-refractivity contribution in [2.45, 2.75) is 72.6 Å². The molecule has 1 aliphatic carbocycles. The van der Waals surface area contributed by atoms with E-state index in [4.69, 9.17) is 0 Å². The van der Waals surface area contributed by atoms with Gasteiger partial charge in [0.1, 0.15) is 0 Å². The number of rotatable bonds is 6. The molecule has 0 N–H and O–H groups in total. The van der Waals surface area contributed by atoms with E-state index in [1.165, 1.54) is 50.5 Å². The SMILES string of the molecule is CC(C)=CCC/C(C)=C/CCC1=CCCC(C)C1. The van der Waals surface area contributed by atoms with Gasteiger partial charge in [-0.1, -0.05) is 41.9 Å². The molecule has 0 fully saturated rings. The Bertz CT molecular complexity index is 324. The molecule has 0 nitrogen and oxygen atoms in total. The highest BCUT2D eigenvalue weighted by atomic mass is 14.2. The van der Waals surface area contributed by atoms with Crippen molar-refractivity contribution < 1.29 is 0 Å². The summed E-state index contributed by atoms with van der Waals surface area (Å²) < 4.78 is 0. The van der Waals surface area contributed by atoms with E-state index in [0.29, 0.717) is 0 Å². The van der Waals surface area contributed by atoms with E-state index in [-0.39, 0.29) is 0 Å². The van der Waals surface area contributed by atoms with Gasteiger partial charge in [-0.05, 0) is 71.6 Å². The molecule has 1 unspecified atom stereocenters. The van der Waals surface area contributed by atoms with Crippen LogP contribution >= 0.6 is 0 Å². The van der Waals surface area contributed by atoms with Gasteiger partial charge in [0.15, 0.2) is 0 Å². The fraction of sp³-hybridized carbons (Fsp3) is 0.667. The molecule has 0 amide bonds. The average molecular weight is 246 g/mol. The topological polar surface area (TPSA) is 0 Å². The molecule has 0 spiro atoms. The van der Waals surface area contributed by atoms with Crippen molar-refractivity contribution in [2.75, 3.05) is 0 Å². The first-order valence-corrected chi connectivity index (χ1v) is 7.55. The Hall–Kier alpha value is -0.780. The lowest BCUT2D eigenvalue weighted by molar-refractivity contribution is 0.500. The Morgan fingerprint density at radius 3 is 2.67 bits per heavy atom. The van der Waals surface area contributed by atoms with Gasteiger partial charge in [0.05, 0.1) is 0 Å². The summed E-state index contributed by atoms with van der Waals surface area (Å²) in [6.45, 7) is 9.01. The Kier molecular flexibility index (Phi) is 7.08. The van der Waals surface area contributed by atoms with Crippen molar-refractivity contribution in [1.29, 1.82) is 0 Å². The first-order valence-electron chi connectivity index (χ1n) is 7.55. The van der Waals surface area contributed by atoms with E-state index >= 15 is 0 Å². The molecule has 0 aliphatic heterocycles. The van der Waals surface area contributed by atoms with Crippen molar-refractivity contribution in [2.24, 2.45) is 5.92 Å². The molecule has 1 rings (SSSR count). The molecule has 102 valence electrons. The molecular formula is C18H30. The van der Waals surface area contributed by atoms with Crippen LogP contribution in [0.5, 0.6) is 0 Å². The summed E-state index contributed by atoms with van der Waals surface area (Å²) in [5, 5.41) is 0. The van der Waals surface area contributed by atoms with Gasteiger partial charge in [0.2, 0.25) is 0 Å². The van der Waals surface area contributed by atoms with Gasteiger partial charge in [0, 0.05) is 0 Å². The van der Waals surface area contributed by atoms with Crippen LogP contribution in [0.1, 0.15) is 72.6 Å². The Morgan fingerprint density at radius 2 is 2.00 bits per heavy atom. The Labute approximate surface area is 114 Å². The second kappa shape index (κ2) is 8.34. The second-order valence-electron chi connectivity index (χ2n) is 6.16. The van der Waals surface area contributed by atoms with Crippen LogP contribution in [0.3, 0.4) is 0 Å². The zero-order chi connectivity index (χ0) is 13.4. The molecule has 0 aromatic rings. The van der Waals surface area contributed by atoms with Crippen LogP contribution in [0.2, 0.25) is 0 Å². The molecule has 18 heavy (non-hydrogen) atoms. The lowest BCUT2D eigenvalue weighted by Crippen LogP contribution is -2.02. The third kappa shape index (κ3) is 6.83. The van der Waals surface area contributed by atoms with Crippen LogP contribution in [0.25, 0.3) is 0 Å². The van der Waals surface area contributed by atoms with E-state index in [0.717, 1.165) is 5.92 Å². The first kappa shape index (κ1) is 15.3. The molecule has 1 aliphatic rings. The maximum absolute atomic E-state index is 2.48. The summed E-state index contributed by atoms with van der Waals surface area (Å²) in [5.74, 6) is 0.910. The van der Waals surface area contributed by atoms with E-state index in [2.05, 4.69) is 45.9 Å². The quantitative estimate of drug-likeness (QED) is 0.489. The molecule has 0 saturated heterocycles. The van der Waals surface area contributed by atoms with Gasteiger partial charge in [-0.2, -0.15) is 0 Å². The highest BCUT2D eigenvalue weighted by molar-refractivity contribution is 5.09. The monoisotopic (exact) mass is 246 g/mol. The van der Waals surface area contributed by atoms with Crippen LogP contribution in [-0.2, 0) is 0 Å². The van der Waals surface area contributed by atoms with Crippen molar-refractivity contribution in [1.82, 2.24) is 0 Å². The highest BCUT2D eigenvalue weighted by Gasteiger charge is 2.09. The summed E-state index contributed by atoms with van der Waals surface area (Å²) >= 11 is 0. The second-order valence-corrected chi connectivity index (χ2v) is 6.16. The molecule has 0 aromatic carbocycles. The van der Waals surface area contributed by atoms with E-state index in [9.17, 15) is 0 Å². The summed E-state index contributed by atoms with van der Waals surface area (Å²) in [6, 6.07) is 0. The lowest BCUT2D eigenvalue weighted by atomic mass is 9.88. The van der Waals surface area contributed by atoms with Gasteiger partial charge in [-0.25, -0.2) is 0 Å². The Morgan fingerprint density at radius 1 is 1.22 bits per heavy atom. The molecule has 0 heteroatoms. The van der Waals surface area contributed by atoms with Crippen molar-refractivity contribution in [3.05, 3.63) is 34.9 Å². The standard InChI is InChI=1S/C18H30/c1-15(2)8-5-9-16(3)10-6-12-18-13-7-11-17(4)14-18/h8,10,13,17H,5-7,9,11-12,14H2,1-4H3/b16-10+. The minimum Gasteiger partial charge on any atom is -0.0856 e. The van der Waals surface area contributed by atoms with Gasteiger partial charge in [0.25, 0.3) is 0 Å². The molecule has 0 aromatic heterocycles. The van der Waals surface area contributed by atoms with Crippen LogP contribution in [-0.4, -0.2) is 0 Å². The predicted octanol–water partition coefficient (Wildman–Crippen LogP) is 6.21. The zero-order valence-corrected chi connectivity index (χ0v) is 12.8. The zero-order valence-electron chi connectivity index (χ0n) is 12.8. The smallest absolute Gasteiger partial charge is 0.0285 e. The number of hydrogen-bond donors (Lipinski definition) is 0. The fourth-order valence-electron chi connectivity index (χ4n) is 2.60.